The fourth-order valence-corrected chi connectivity index (χ4v) is 7.00. The number of thiol groups is 3. The minimum atomic E-state index is -0.901. The molecule has 0 spiro atoms. The van der Waals surface area contributed by atoms with Crippen LogP contribution in [-0.4, -0.2) is 51.5 Å². The number of alkyl halides is 1. The van der Waals surface area contributed by atoms with Crippen LogP contribution in [0.4, 0.5) is 10.2 Å². The molecule has 7 nitrogen and oxygen atoms in total. The van der Waals surface area contributed by atoms with Crippen molar-refractivity contribution in [1.82, 2.24) is 25.4 Å². The minimum absolute atomic E-state index is 0.0190. The highest BCUT2D eigenvalue weighted by Gasteiger charge is 2.45. The molecule has 3 aromatic rings. The molecule has 0 amide bonds. The molecule has 2 fully saturated rings. The average molecular weight is 605 g/mol. The maximum atomic E-state index is 15.3. The molecule has 39 heavy (non-hydrogen) atoms. The highest BCUT2D eigenvalue weighted by atomic mass is 32.3. The van der Waals surface area contributed by atoms with Gasteiger partial charge in [0.2, 0.25) is 0 Å². The number of hydrogen-bond acceptors (Lipinski definition) is 11. The van der Waals surface area contributed by atoms with Crippen LogP contribution in [0, 0.1) is 5.41 Å². The molecule has 2 aromatic heterocycles. The third-order valence-corrected chi connectivity index (χ3v) is 9.06. The van der Waals surface area contributed by atoms with Gasteiger partial charge < -0.3 is 10.0 Å². The SMILES string of the molecule is CCC[C@]1(C)CC[C@H](F)[C@H](N(c2cnc(-c3ccc(-c4cnnc(SC(S)(S)S)c4)cc3O)nn2)C2CC2)C1. The van der Waals surface area contributed by atoms with E-state index in [1.807, 2.05) is 12.1 Å². The topological polar surface area (TPSA) is 87.9 Å². The van der Waals surface area contributed by atoms with Gasteiger partial charge in [0.05, 0.1) is 24.0 Å². The Hall–Kier alpha value is -1.76. The number of hydrogen-bond donors (Lipinski definition) is 4. The number of rotatable bonds is 9. The molecule has 2 heterocycles. The summed E-state index contributed by atoms with van der Waals surface area (Å²) in [6.45, 7) is 4.48. The lowest BCUT2D eigenvalue weighted by molar-refractivity contribution is 0.0994. The van der Waals surface area contributed by atoms with Crippen LogP contribution in [0.25, 0.3) is 22.5 Å². The van der Waals surface area contributed by atoms with Crippen molar-refractivity contribution in [2.75, 3.05) is 4.90 Å². The molecule has 0 aliphatic heterocycles. The molecule has 2 saturated carbocycles. The normalized spacial score (nSPS) is 23.5. The zero-order valence-electron chi connectivity index (χ0n) is 21.9. The summed E-state index contributed by atoms with van der Waals surface area (Å²) in [4.78, 5) is 6.67. The fourth-order valence-electron chi connectivity index (χ4n) is 5.60. The largest absolute Gasteiger partial charge is 0.507 e. The fraction of sp³-hybridized carbons (Fsp3) is 0.519. The number of halogens is 1. The number of anilines is 1. The Balaban J connectivity index is 1.37. The van der Waals surface area contributed by atoms with Gasteiger partial charge in [0, 0.05) is 11.6 Å². The Kier molecular flexibility index (Phi) is 8.57. The Morgan fingerprint density at radius 2 is 1.90 bits per heavy atom. The van der Waals surface area contributed by atoms with E-state index in [-0.39, 0.29) is 23.2 Å². The third-order valence-electron chi connectivity index (χ3n) is 7.55. The predicted molar refractivity (Wildman–Crippen MR) is 165 cm³/mol. The van der Waals surface area contributed by atoms with E-state index in [0.717, 1.165) is 49.7 Å². The van der Waals surface area contributed by atoms with Gasteiger partial charge in [-0.05, 0) is 67.7 Å². The highest BCUT2D eigenvalue weighted by molar-refractivity contribution is 8.36. The van der Waals surface area contributed by atoms with Crippen molar-refractivity contribution in [3.05, 3.63) is 36.7 Å². The van der Waals surface area contributed by atoms with Crippen molar-refractivity contribution in [2.45, 2.75) is 84.8 Å². The molecule has 0 unspecified atom stereocenters. The van der Waals surface area contributed by atoms with Gasteiger partial charge in [0.15, 0.2) is 14.4 Å². The first-order chi connectivity index (χ1) is 18.5. The number of phenolic OH excluding ortho intramolecular Hbond substituents is 1. The molecule has 0 radical (unpaired) electrons. The van der Waals surface area contributed by atoms with Gasteiger partial charge in [-0.1, -0.05) is 38.1 Å². The zero-order chi connectivity index (χ0) is 27.8. The summed E-state index contributed by atoms with van der Waals surface area (Å²) >= 11 is 14.1. The molecule has 12 heteroatoms. The standard InChI is InChI=1S/C27H33FN6OS4/c1-3-9-26(2)10-8-20(28)21(13-26)34(18-5-6-18)23-15-29-25(33-31-23)19-7-4-16(11-22(19)35)17-12-24(32-30-14-17)39-27(36,37)38/h4,7,11-12,14-15,18,20-21,35-38H,3,5-6,8-10,13H2,1-2H3/t20-,21+,26+/m0/s1. The lowest BCUT2D eigenvalue weighted by atomic mass is 9.70. The summed E-state index contributed by atoms with van der Waals surface area (Å²) in [5, 5.41) is 28.4. The summed E-state index contributed by atoms with van der Waals surface area (Å²) in [5.41, 5.74) is 2.13. The Bertz CT molecular complexity index is 1310. The number of aromatic nitrogens is 5. The lowest BCUT2D eigenvalue weighted by Crippen LogP contribution is -2.50. The van der Waals surface area contributed by atoms with E-state index in [4.69, 9.17) is 0 Å². The van der Waals surface area contributed by atoms with E-state index in [1.54, 1.807) is 24.5 Å². The summed E-state index contributed by atoms with van der Waals surface area (Å²) < 4.78 is 14.4. The molecule has 5 rings (SSSR count). The van der Waals surface area contributed by atoms with E-state index >= 15 is 4.39 Å². The van der Waals surface area contributed by atoms with Crippen LogP contribution in [0.5, 0.6) is 5.75 Å². The summed E-state index contributed by atoms with van der Waals surface area (Å²) in [6.07, 6.45) is 8.96. The molecular formula is C27H33FN6OS4. The van der Waals surface area contributed by atoms with Gasteiger partial charge in [-0.3, -0.25) is 0 Å². The number of phenols is 1. The molecule has 2 aliphatic carbocycles. The van der Waals surface area contributed by atoms with Crippen LogP contribution in [0.1, 0.15) is 58.8 Å². The van der Waals surface area contributed by atoms with E-state index in [1.165, 1.54) is 11.8 Å². The second-order valence-corrected chi connectivity index (χ2v) is 16.1. The van der Waals surface area contributed by atoms with Crippen molar-refractivity contribution in [3.63, 3.8) is 0 Å². The molecule has 0 saturated heterocycles. The van der Waals surface area contributed by atoms with E-state index in [9.17, 15) is 5.11 Å². The smallest absolute Gasteiger partial charge is 0.185 e. The van der Waals surface area contributed by atoms with Gasteiger partial charge >= 0.3 is 0 Å². The average Bonchev–Trinajstić information content (AvgIpc) is 3.71. The van der Waals surface area contributed by atoms with Crippen LogP contribution in [0.15, 0.2) is 41.7 Å². The van der Waals surface area contributed by atoms with E-state index in [2.05, 4.69) is 82.0 Å². The van der Waals surface area contributed by atoms with Crippen LogP contribution in [0.2, 0.25) is 0 Å². The van der Waals surface area contributed by atoms with E-state index in [0.29, 0.717) is 28.7 Å². The van der Waals surface area contributed by atoms with Crippen LogP contribution in [-0.2, 0) is 0 Å². The first-order valence-corrected chi connectivity index (χ1v) is 15.4. The number of thioether (sulfide) groups is 1. The monoisotopic (exact) mass is 604 g/mol. The summed E-state index contributed by atoms with van der Waals surface area (Å²) in [7, 11) is 0. The molecule has 208 valence electrons. The second kappa shape index (κ2) is 11.6. The molecule has 2 aliphatic rings. The van der Waals surface area contributed by atoms with Gasteiger partial charge in [0.25, 0.3) is 0 Å². The summed E-state index contributed by atoms with van der Waals surface area (Å²) in [5.74, 6) is 0.932. The zero-order valence-corrected chi connectivity index (χ0v) is 25.4. The van der Waals surface area contributed by atoms with Crippen molar-refractivity contribution in [2.24, 2.45) is 5.41 Å². The maximum Gasteiger partial charge on any atom is 0.185 e. The van der Waals surface area contributed by atoms with Crippen molar-refractivity contribution in [3.8, 4) is 28.3 Å². The first-order valence-electron chi connectivity index (χ1n) is 13.2. The molecule has 0 bridgehead atoms. The minimum Gasteiger partial charge on any atom is -0.507 e. The van der Waals surface area contributed by atoms with Gasteiger partial charge in [-0.2, -0.15) is 5.10 Å². The Morgan fingerprint density at radius 1 is 1.10 bits per heavy atom. The van der Waals surface area contributed by atoms with Crippen molar-refractivity contribution in [1.29, 1.82) is 0 Å². The van der Waals surface area contributed by atoms with Crippen molar-refractivity contribution < 1.29 is 9.50 Å². The van der Waals surface area contributed by atoms with Crippen LogP contribution in [0.3, 0.4) is 0 Å². The predicted octanol–water partition coefficient (Wildman–Crippen LogP) is 6.86. The van der Waals surface area contributed by atoms with Crippen LogP contribution < -0.4 is 4.90 Å². The summed E-state index contributed by atoms with van der Waals surface area (Å²) in [6, 6.07) is 7.14. The van der Waals surface area contributed by atoms with Gasteiger partial charge in [-0.25, -0.2) is 9.37 Å². The molecule has 3 atom stereocenters. The number of aromatic hydroxyl groups is 1. The lowest BCUT2D eigenvalue weighted by Gasteiger charge is -2.45. The molecular weight excluding hydrogens is 572 g/mol. The molecule has 1 aromatic carbocycles. The number of nitrogens with zero attached hydrogens (tertiary/aromatic N) is 6. The van der Waals surface area contributed by atoms with Gasteiger partial charge in [-0.15, -0.1) is 53.2 Å². The quantitative estimate of drug-likeness (QED) is 0.120. The highest BCUT2D eigenvalue weighted by Crippen LogP contribution is 2.46. The Labute approximate surface area is 249 Å². The maximum absolute atomic E-state index is 15.3. The molecule has 1 N–H and O–H groups in total. The first kappa shape index (κ1) is 28.8. The number of benzene rings is 1. The van der Waals surface area contributed by atoms with Gasteiger partial charge in [0.1, 0.15) is 16.9 Å². The van der Waals surface area contributed by atoms with Crippen molar-refractivity contribution >= 4 is 55.5 Å². The van der Waals surface area contributed by atoms with E-state index < -0.39 is 8.91 Å². The Morgan fingerprint density at radius 3 is 2.54 bits per heavy atom. The second-order valence-electron chi connectivity index (χ2n) is 10.9. The van der Waals surface area contributed by atoms with Crippen LogP contribution >= 0.6 is 49.6 Å². The third kappa shape index (κ3) is 6.94.